The van der Waals surface area contributed by atoms with E-state index in [9.17, 15) is 10.1 Å². The van der Waals surface area contributed by atoms with Crippen LogP contribution in [0.2, 0.25) is 0 Å². The lowest BCUT2D eigenvalue weighted by atomic mass is 10.2. The number of nitrogens with one attached hydrogen (secondary N) is 1. The van der Waals surface area contributed by atoms with Gasteiger partial charge in [-0.2, -0.15) is 0 Å². The Morgan fingerprint density at radius 1 is 1.55 bits per heavy atom. The second kappa shape index (κ2) is 6.51. The van der Waals surface area contributed by atoms with E-state index in [2.05, 4.69) is 22.1 Å². The number of non-ortho nitro benzene ring substituents is 1. The molecule has 3 rings (SSSR count). The molecule has 1 aliphatic heterocycles. The van der Waals surface area contributed by atoms with Crippen molar-refractivity contribution in [2.75, 3.05) is 19.6 Å². The molecule has 0 unspecified atom stereocenters. The minimum atomic E-state index is -0.375. The number of thiazole rings is 1. The summed E-state index contributed by atoms with van der Waals surface area (Å²) in [5, 5.41) is 17.2. The zero-order valence-corrected chi connectivity index (χ0v) is 13.2. The van der Waals surface area contributed by atoms with E-state index in [1.807, 2.05) is 11.4 Å². The zero-order chi connectivity index (χ0) is 15.5. The standard InChI is InChI=1S/C15H18N4O2S/c1-11-8-18(6-5-16-11)9-13-10-22-15(17-13)12-3-2-4-14(7-12)19(20)21/h2-4,7,10-11,16H,5-6,8-9H2,1H3/t11-/m0/s1. The molecule has 2 aromatic rings. The third-order valence-electron chi connectivity index (χ3n) is 3.69. The summed E-state index contributed by atoms with van der Waals surface area (Å²) in [6.45, 7) is 6.06. The number of aromatic nitrogens is 1. The molecule has 1 aromatic heterocycles. The van der Waals surface area contributed by atoms with Gasteiger partial charge in [0.2, 0.25) is 0 Å². The second-order valence-corrected chi connectivity index (χ2v) is 6.40. The lowest BCUT2D eigenvalue weighted by Crippen LogP contribution is -2.48. The lowest BCUT2D eigenvalue weighted by molar-refractivity contribution is -0.384. The molecule has 0 amide bonds. The average Bonchev–Trinajstić information content (AvgIpc) is 2.96. The predicted octanol–water partition coefficient (Wildman–Crippen LogP) is 2.51. The van der Waals surface area contributed by atoms with Gasteiger partial charge in [-0.1, -0.05) is 12.1 Å². The molecule has 1 saturated heterocycles. The third-order valence-corrected chi connectivity index (χ3v) is 4.63. The van der Waals surface area contributed by atoms with E-state index in [0.29, 0.717) is 6.04 Å². The fraction of sp³-hybridized carbons (Fsp3) is 0.400. The highest BCUT2D eigenvalue weighted by molar-refractivity contribution is 7.13. The van der Waals surface area contributed by atoms with Crippen molar-refractivity contribution in [3.63, 3.8) is 0 Å². The molecule has 2 heterocycles. The third kappa shape index (κ3) is 3.49. The first-order valence-corrected chi connectivity index (χ1v) is 8.15. The summed E-state index contributed by atoms with van der Waals surface area (Å²) in [5.41, 5.74) is 1.94. The van der Waals surface area contributed by atoms with Gasteiger partial charge < -0.3 is 5.32 Å². The molecule has 1 fully saturated rings. The highest BCUT2D eigenvalue weighted by Crippen LogP contribution is 2.27. The highest BCUT2D eigenvalue weighted by Gasteiger charge is 2.17. The summed E-state index contributed by atoms with van der Waals surface area (Å²) in [7, 11) is 0. The number of nitro groups is 1. The van der Waals surface area contributed by atoms with Gasteiger partial charge in [0, 0.05) is 55.3 Å². The molecule has 0 aliphatic carbocycles. The van der Waals surface area contributed by atoms with Gasteiger partial charge >= 0.3 is 0 Å². The molecular formula is C15H18N4O2S. The monoisotopic (exact) mass is 318 g/mol. The largest absolute Gasteiger partial charge is 0.312 e. The molecule has 22 heavy (non-hydrogen) atoms. The van der Waals surface area contributed by atoms with Gasteiger partial charge in [0.15, 0.2) is 0 Å². The maximum absolute atomic E-state index is 10.9. The molecule has 0 saturated carbocycles. The van der Waals surface area contributed by atoms with E-state index >= 15 is 0 Å². The number of nitrogens with zero attached hydrogens (tertiary/aromatic N) is 3. The average molecular weight is 318 g/mol. The predicted molar refractivity (Wildman–Crippen MR) is 86.9 cm³/mol. The summed E-state index contributed by atoms with van der Waals surface area (Å²) < 4.78 is 0. The van der Waals surface area contributed by atoms with Crippen LogP contribution >= 0.6 is 11.3 Å². The fourth-order valence-corrected chi connectivity index (χ4v) is 3.46. The van der Waals surface area contributed by atoms with E-state index in [0.717, 1.165) is 42.4 Å². The van der Waals surface area contributed by atoms with Crippen molar-refractivity contribution >= 4 is 17.0 Å². The summed E-state index contributed by atoms with van der Waals surface area (Å²) >= 11 is 1.54. The van der Waals surface area contributed by atoms with E-state index in [4.69, 9.17) is 0 Å². The number of rotatable bonds is 4. The number of benzene rings is 1. The van der Waals surface area contributed by atoms with Crippen LogP contribution in [0.5, 0.6) is 0 Å². The molecule has 1 aromatic carbocycles. The molecule has 1 atom stereocenters. The Hall–Kier alpha value is -1.83. The summed E-state index contributed by atoms with van der Waals surface area (Å²) in [6.07, 6.45) is 0. The topological polar surface area (TPSA) is 71.3 Å². The maximum Gasteiger partial charge on any atom is 0.270 e. The minimum absolute atomic E-state index is 0.102. The van der Waals surface area contributed by atoms with Gasteiger partial charge in [0.25, 0.3) is 5.69 Å². The molecule has 1 N–H and O–H groups in total. The first-order valence-electron chi connectivity index (χ1n) is 7.27. The van der Waals surface area contributed by atoms with Crippen molar-refractivity contribution in [3.8, 4) is 10.6 Å². The van der Waals surface area contributed by atoms with Crippen LogP contribution in [0.4, 0.5) is 5.69 Å². The normalized spacial score (nSPS) is 19.2. The van der Waals surface area contributed by atoms with Crippen LogP contribution in [0, 0.1) is 10.1 Å². The summed E-state index contributed by atoms with van der Waals surface area (Å²) in [5.74, 6) is 0. The van der Waals surface area contributed by atoms with Crippen molar-refractivity contribution in [2.45, 2.75) is 19.5 Å². The summed E-state index contributed by atoms with van der Waals surface area (Å²) in [4.78, 5) is 17.5. The number of hydrogen-bond donors (Lipinski definition) is 1. The van der Waals surface area contributed by atoms with Crippen LogP contribution in [0.25, 0.3) is 10.6 Å². The van der Waals surface area contributed by atoms with E-state index in [1.165, 1.54) is 17.4 Å². The molecule has 0 radical (unpaired) electrons. The molecule has 7 heteroatoms. The van der Waals surface area contributed by atoms with Crippen molar-refractivity contribution in [3.05, 3.63) is 45.5 Å². The van der Waals surface area contributed by atoms with Gasteiger partial charge in [-0.25, -0.2) is 4.98 Å². The van der Waals surface area contributed by atoms with Crippen LogP contribution in [0.1, 0.15) is 12.6 Å². The van der Waals surface area contributed by atoms with Crippen LogP contribution in [0.3, 0.4) is 0 Å². The van der Waals surface area contributed by atoms with Crippen molar-refractivity contribution in [1.82, 2.24) is 15.2 Å². The Morgan fingerprint density at radius 2 is 2.41 bits per heavy atom. The Labute approximate surface area is 132 Å². The van der Waals surface area contributed by atoms with Crippen molar-refractivity contribution in [2.24, 2.45) is 0 Å². The molecular weight excluding hydrogens is 300 g/mol. The number of piperazine rings is 1. The van der Waals surface area contributed by atoms with Crippen molar-refractivity contribution < 1.29 is 4.92 Å². The lowest BCUT2D eigenvalue weighted by Gasteiger charge is -2.31. The second-order valence-electron chi connectivity index (χ2n) is 5.54. The van der Waals surface area contributed by atoms with E-state index in [1.54, 1.807) is 12.1 Å². The molecule has 116 valence electrons. The highest BCUT2D eigenvalue weighted by atomic mass is 32.1. The maximum atomic E-state index is 10.9. The molecule has 0 spiro atoms. The smallest absolute Gasteiger partial charge is 0.270 e. The van der Waals surface area contributed by atoms with Crippen molar-refractivity contribution in [1.29, 1.82) is 0 Å². The molecule has 0 bridgehead atoms. The van der Waals surface area contributed by atoms with Gasteiger partial charge in [-0.05, 0) is 6.92 Å². The van der Waals surface area contributed by atoms with Gasteiger partial charge in [-0.3, -0.25) is 15.0 Å². The first-order chi connectivity index (χ1) is 10.6. The van der Waals surface area contributed by atoms with E-state index < -0.39 is 0 Å². The number of hydrogen-bond acceptors (Lipinski definition) is 6. The minimum Gasteiger partial charge on any atom is -0.312 e. The van der Waals surface area contributed by atoms with Crippen LogP contribution in [-0.4, -0.2) is 40.5 Å². The summed E-state index contributed by atoms with van der Waals surface area (Å²) in [6, 6.07) is 7.15. The molecule has 6 nitrogen and oxygen atoms in total. The number of nitro benzene ring substituents is 1. The molecule has 1 aliphatic rings. The Morgan fingerprint density at radius 3 is 3.18 bits per heavy atom. The van der Waals surface area contributed by atoms with E-state index in [-0.39, 0.29) is 10.6 Å². The van der Waals surface area contributed by atoms with Crippen LogP contribution in [-0.2, 0) is 6.54 Å². The SMILES string of the molecule is C[C@H]1CN(Cc2csc(-c3cccc([N+](=O)[O-])c3)n2)CCN1. The first kappa shape index (κ1) is 15.1. The Bertz CT molecular complexity index is 673. The quantitative estimate of drug-likeness (QED) is 0.693. The van der Waals surface area contributed by atoms with Gasteiger partial charge in [0.1, 0.15) is 5.01 Å². The van der Waals surface area contributed by atoms with Crippen LogP contribution < -0.4 is 5.32 Å². The Balaban J connectivity index is 1.73. The van der Waals surface area contributed by atoms with Gasteiger partial charge in [-0.15, -0.1) is 11.3 Å². The zero-order valence-electron chi connectivity index (χ0n) is 12.4. The Kier molecular flexibility index (Phi) is 4.47. The van der Waals surface area contributed by atoms with Crippen LogP contribution in [0.15, 0.2) is 29.6 Å². The van der Waals surface area contributed by atoms with Gasteiger partial charge in [0.05, 0.1) is 10.6 Å². The fourth-order valence-electron chi connectivity index (χ4n) is 2.65.